The Kier molecular flexibility index (Phi) is 7.28. The molecule has 0 radical (unpaired) electrons. The molecule has 0 aromatic heterocycles. The summed E-state index contributed by atoms with van der Waals surface area (Å²) in [5.74, 6) is 0.0503. The van der Waals surface area contributed by atoms with Gasteiger partial charge in [0.2, 0.25) is 0 Å². The minimum Gasteiger partial charge on any atom is -0.507 e. The fraction of sp³-hybridized carbons (Fsp3) is 0.360. The average Bonchev–Trinajstić information content (AvgIpc) is 3.06. The quantitative estimate of drug-likeness (QED) is 0.373. The van der Waals surface area contributed by atoms with Crippen molar-refractivity contribution in [3.05, 3.63) is 58.7 Å². The first kappa shape index (κ1) is 24.1. The number of amides is 1. The van der Waals surface area contributed by atoms with E-state index in [1.54, 1.807) is 50.6 Å². The van der Waals surface area contributed by atoms with Crippen LogP contribution in [0.3, 0.4) is 0 Å². The van der Waals surface area contributed by atoms with Gasteiger partial charge >= 0.3 is 0 Å². The zero-order valence-corrected chi connectivity index (χ0v) is 19.8. The van der Waals surface area contributed by atoms with Gasteiger partial charge in [0.15, 0.2) is 0 Å². The molecule has 0 aliphatic carbocycles. The molecule has 1 fully saturated rings. The van der Waals surface area contributed by atoms with E-state index < -0.39 is 17.7 Å². The van der Waals surface area contributed by atoms with E-state index in [1.807, 2.05) is 25.9 Å². The van der Waals surface area contributed by atoms with Crippen molar-refractivity contribution in [1.29, 1.82) is 0 Å². The highest BCUT2D eigenvalue weighted by Crippen LogP contribution is 2.43. The molecule has 176 valence electrons. The number of benzene rings is 2. The summed E-state index contributed by atoms with van der Waals surface area (Å²) in [5, 5.41) is 11.3. The fourth-order valence-electron chi connectivity index (χ4n) is 3.97. The lowest BCUT2D eigenvalue weighted by atomic mass is 9.94. The number of aliphatic hydroxyl groups excluding tert-OH is 1. The lowest BCUT2D eigenvalue weighted by Gasteiger charge is -2.27. The van der Waals surface area contributed by atoms with Gasteiger partial charge in [0, 0.05) is 30.3 Å². The molecule has 1 atom stereocenters. The van der Waals surface area contributed by atoms with Gasteiger partial charge in [0.1, 0.15) is 23.0 Å². The number of likely N-dealkylation sites (N-methyl/N-ethyl adjacent to an activating group) is 1. The SMILES string of the molecule is COc1ccc([C@H]2/C(=C(\O)c3ccc(OC)c(C)c3)C(=O)C(=O)N2CCN(C)C)c(OC)c1. The largest absolute Gasteiger partial charge is 0.507 e. The topological polar surface area (TPSA) is 88.5 Å². The Morgan fingerprint density at radius 3 is 2.27 bits per heavy atom. The lowest BCUT2D eigenvalue weighted by Crippen LogP contribution is -2.35. The predicted octanol–water partition coefficient (Wildman–Crippen LogP) is 3.00. The molecule has 8 heteroatoms. The molecule has 1 aliphatic rings. The van der Waals surface area contributed by atoms with E-state index in [1.165, 1.54) is 12.0 Å². The number of aliphatic hydroxyl groups is 1. The van der Waals surface area contributed by atoms with Crippen LogP contribution in [0.1, 0.15) is 22.7 Å². The molecule has 2 aromatic carbocycles. The van der Waals surface area contributed by atoms with Gasteiger partial charge in [0.25, 0.3) is 11.7 Å². The number of Topliss-reactive ketones (excluding diaryl/α,β-unsaturated/α-hetero) is 1. The highest BCUT2D eigenvalue weighted by molar-refractivity contribution is 6.46. The molecule has 0 spiro atoms. The number of nitrogens with zero attached hydrogens (tertiary/aromatic N) is 2. The van der Waals surface area contributed by atoms with Gasteiger partial charge < -0.3 is 29.1 Å². The number of likely N-dealkylation sites (tertiary alicyclic amines) is 1. The normalized spacial score (nSPS) is 17.5. The Morgan fingerprint density at radius 2 is 1.70 bits per heavy atom. The van der Waals surface area contributed by atoms with E-state index in [4.69, 9.17) is 14.2 Å². The van der Waals surface area contributed by atoms with Crippen LogP contribution in [0.2, 0.25) is 0 Å². The van der Waals surface area contributed by atoms with Gasteiger partial charge in [-0.3, -0.25) is 9.59 Å². The molecular weight excluding hydrogens is 424 g/mol. The monoisotopic (exact) mass is 454 g/mol. The second-order valence-electron chi connectivity index (χ2n) is 8.09. The van der Waals surface area contributed by atoms with Crippen molar-refractivity contribution in [3.63, 3.8) is 0 Å². The van der Waals surface area contributed by atoms with Crippen LogP contribution in [0.15, 0.2) is 42.0 Å². The molecule has 3 rings (SSSR count). The molecule has 1 saturated heterocycles. The number of ketones is 1. The predicted molar refractivity (Wildman–Crippen MR) is 125 cm³/mol. The number of carbonyl (C=O) groups is 2. The summed E-state index contributed by atoms with van der Waals surface area (Å²) in [5.41, 5.74) is 1.83. The minimum absolute atomic E-state index is 0.0202. The lowest BCUT2D eigenvalue weighted by molar-refractivity contribution is -0.140. The smallest absolute Gasteiger partial charge is 0.295 e. The summed E-state index contributed by atoms with van der Waals surface area (Å²) in [6, 6.07) is 9.48. The molecule has 33 heavy (non-hydrogen) atoms. The summed E-state index contributed by atoms with van der Waals surface area (Å²) >= 11 is 0. The van der Waals surface area contributed by atoms with Crippen LogP contribution in [-0.4, -0.2) is 75.1 Å². The van der Waals surface area contributed by atoms with Gasteiger partial charge in [-0.1, -0.05) is 0 Å². The highest BCUT2D eigenvalue weighted by atomic mass is 16.5. The Hall–Kier alpha value is -3.52. The maximum atomic E-state index is 13.2. The Balaban J connectivity index is 2.22. The first-order chi connectivity index (χ1) is 15.7. The minimum atomic E-state index is -0.812. The van der Waals surface area contributed by atoms with Crippen LogP contribution in [0, 0.1) is 6.92 Å². The number of hydrogen-bond donors (Lipinski definition) is 1. The standard InChI is InChI=1S/C25H30N2O6/c1-15-13-16(7-10-19(15)32-5)23(28)21-22(18-9-8-17(31-4)14-20(18)33-6)27(12-11-26(2)3)25(30)24(21)29/h7-10,13-14,22,28H,11-12H2,1-6H3/b23-21+/t22-/m0/s1. The molecule has 0 unspecified atom stereocenters. The molecule has 0 bridgehead atoms. The Morgan fingerprint density at radius 1 is 1.00 bits per heavy atom. The first-order valence-electron chi connectivity index (χ1n) is 10.5. The molecule has 1 heterocycles. The summed E-state index contributed by atoms with van der Waals surface area (Å²) < 4.78 is 16.2. The third-order valence-corrected chi connectivity index (χ3v) is 5.73. The van der Waals surface area contributed by atoms with Crippen LogP contribution in [0.5, 0.6) is 17.2 Å². The summed E-state index contributed by atoms with van der Waals surface area (Å²) in [4.78, 5) is 29.6. The molecule has 8 nitrogen and oxygen atoms in total. The summed E-state index contributed by atoms with van der Waals surface area (Å²) in [6.07, 6.45) is 0. The van der Waals surface area contributed by atoms with E-state index in [0.717, 1.165) is 5.56 Å². The number of hydrogen-bond acceptors (Lipinski definition) is 7. The van der Waals surface area contributed by atoms with Crippen LogP contribution in [0.25, 0.3) is 5.76 Å². The maximum absolute atomic E-state index is 13.2. The molecular formula is C25H30N2O6. The molecule has 1 N–H and O–H groups in total. The van der Waals surface area contributed by atoms with Crippen molar-refractivity contribution < 1.29 is 28.9 Å². The van der Waals surface area contributed by atoms with Gasteiger partial charge in [0.05, 0.1) is 32.9 Å². The second-order valence-corrected chi connectivity index (χ2v) is 8.09. The van der Waals surface area contributed by atoms with E-state index in [-0.39, 0.29) is 11.3 Å². The van der Waals surface area contributed by atoms with Gasteiger partial charge in [-0.25, -0.2) is 0 Å². The van der Waals surface area contributed by atoms with Gasteiger partial charge in [-0.15, -0.1) is 0 Å². The molecule has 2 aromatic rings. The number of aryl methyl sites for hydroxylation is 1. The third kappa shape index (κ3) is 4.66. The molecule has 0 saturated carbocycles. The van der Waals surface area contributed by atoms with Gasteiger partial charge in [-0.2, -0.15) is 0 Å². The maximum Gasteiger partial charge on any atom is 0.295 e. The van der Waals surface area contributed by atoms with Crippen molar-refractivity contribution in [1.82, 2.24) is 9.80 Å². The molecule has 1 amide bonds. The molecule has 1 aliphatic heterocycles. The Bertz CT molecular complexity index is 1090. The number of ether oxygens (including phenoxy) is 3. The Labute approximate surface area is 194 Å². The van der Waals surface area contributed by atoms with E-state index in [0.29, 0.717) is 41.5 Å². The number of rotatable bonds is 8. The number of methoxy groups -OCH3 is 3. The van der Waals surface area contributed by atoms with Crippen molar-refractivity contribution in [3.8, 4) is 17.2 Å². The third-order valence-electron chi connectivity index (χ3n) is 5.73. The van der Waals surface area contributed by atoms with Crippen molar-refractivity contribution in [2.75, 3.05) is 48.5 Å². The van der Waals surface area contributed by atoms with Crippen molar-refractivity contribution in [2.45, 2.75) is 13.0 Å². The highest BCUT2D eigenvalue weighted by Gasteiger charge is 2.47. The van der Waals surface area contributed by atoms with E-state index >= 15 is 0 Å². The summed E-state index contributed by atoms with van der Waals surface area (Å²) in [6.45, 7) is 2.69. The number of carbonyl (C=O) groups excluding carboxylic acids is 2. The first-order valence-corrected chi connectivity index (χ1v) is 10.5. The van der Waals surface area contributed by atoms with E-state index in [9.17, 15) is 14.7 Å². The van der Waals surface area contributed by atoms with Crippen LogP contribution < -0.4 is 14.2 Å². The van der Waals surface area contributed by atoms with Crippen LogP contribution >= 0.6 is 0 Å². The van der Waals surface area contributed by atoms with Crippen molar-refractivity contribution >= 4 is 17.4 Å². The second kappa shape index (κ2) is 9.95. The van der Waals surface area contributed by atoms with Crippen LogP contribution in [-0.2, 0) is 9.59 Å². The van der Waals surface area contributed by atoms with Gasteiger partial charge in [-0.05, 0) is 56.9 Å². The van der Waals surface area contributed by atoms with Crippen molar-refractivity contribution in [2.24, 2.45) is 0 Å². The zero-order chi connectivity index (χ0) is 24.3. The average molecular weight is 455 g/mol. The fourth-order valence-corrected chi connectivity index (χ4v) is 3.97. The summed E-state index contributed by atoms with van der Waals surface area (Å²) in [7, 11) is 8.40. The van der Waals surface area contributed by atoms with E-state index in [2.05, 4.69) is 0 Å². The van der Waals surface area contributed by atoms with Crippen LogP contribution in [0.4, 0.5) is 0 Å². The zero-order valence-electron chi connectivity index (χ0n) is 19.8.